The third kappa shape index (κ3) is 7.68. The Morgan fingerprint density at radius 3 is 2.74 bits per heavy atom. The Balaban J connectivity index is 1.89. The summed E-state index contributed by atoms with van der Waals surface area (Å²) >= 11 is 4.82. The fraction of sp³-hybridized carbons (Fsp3) is 0.421. The molecule has 0 spiro atoms. The smallest absolute Gasteiger partial charge is 0.410 e. The predicted octanol–water partition coefficient (Wildman–Crippen LogP) is 4.46. The number of carbonyl (C=O) groups excluding carboxylic acids is 2. The first-order valence-corrected chi connectivity index (χ1v) is 10.3. The zero-order valence-corrected chi connectivity index (χ0v) is 18.1. The number of nitrogens with one attached hydrogen (secondary N) is 1. The maximum absolute atomic E-state index is 12.5. The van der Waals surface area contributed by atoms with E-state index in [-0.39, 0.29) is 12.0 Å². The van der Waals surface area contributed by atoms with Crippen LogP contribution in [0.15, 0.2) is 39.8 Å². The average Bonchev–Trinajstić information content (AvgIpc) is 3.03. The summed E-state index contributed by atoms with van der Waals surface area (Å²) in [5, 5.41) is 4.67. The van der Waals surface area contributed by atoms with Crippen molar-refractivity contribution in [2.24, 2.45) is 0 Å². The van der Waals surface area contributed by atoms with Crippen molar-refractivity contribution in [3.63, 3.8) is 0 Å². The van der Waals surface area contributed by atoms with Gasteiger partial charge in [0.05, 0.1) is 15.9 Å². The lowest BCUT2D eigenvalue weighted by molar-refractivity contribution is 0.0232. The van der Waals surface area contributed by atoms with Crippen molar-refractivity contribution in [2.45, 2.75) is 39.3 Å². The van der Waals surface area contributed by atoms with Crippen LogP contribution in [0.2, 0.25) is 0 Å². The number of aromatic nitrogens is 1. The fourth-order valence-electron chi connectivity index (χ4n) is 2.28. The van der Waals surface area contributed by atoms with Crippen LogP contribution in [-0.4, -0.2) is 40.6 Å². The summed E-state index contributed by atoms with van der Waals surface area (Å²) in [6.07, 6.45) is 3.67. The molecule has 0 aliphatic carbocycles. The van der Waals surface area contributed by atoms with E-state index < -0.39 is 5.60 Å². The lowest BCUT2D eigenvalue weighted by atomic mass is 10.2. The normalized spacial score (nSPS) is 11.1. The van der Waals surface area contributed by atoms with Crippen molar-refractivity contribution < 1.29 is 14.3 Å². The van der Waals surface area contributed by atoms with Gasteiger partial charge in [0.15, 0.2) is 0 Å². The fourth-order valence-corrected chi connectivity index (χ4v) is 3.41. The van der Waals surface area contributed by atoms with Gasteiger partial charge >= 0.3 is 6.09 Å². The van der Waals surface area contributed by atoms with Crippen molar-refractivity contribution in [1.82, 2.24) is 15.2 Å². The molecule has 2 aromatic rings. The van der Waals surface area contributed by atoms with Crippen molar-refractivity contribution in [3.05, 3.63) is 50.9 Å². The number of nitrogens with zero attached hydrogens (tertiary/aromatic N) is 2. The van der Waals surface area contributed by atoms with Gasteiger partial charge in [-0.3, -0.25) is 9.78 Å². The molecular formula is C19H24BrN3O3S. The monoisotopic (exact) mass is 453 g/mol. The quantitative estimate of drug-likeness (QED) is 0.627. The topological polar surface area (TPSA) is 71.5 Å². The Morgan fingerprint density at radius 2 is 2.15 bits per heavy atom. The van der Waals surface area contributed by atoms with Gasteiger partial charge in [0, 0.05) is 30.9 Å². The maximum atomic E-state index is 12.5. The molecule has 8 heteroatoms. The lowest BCUT2D eigenvalue weighted by Gasteiger charge is -2.27. The second kappa shape index (κ2) is 9.85. The summed E-state index contributed by atoms with van der Waals surface area (Å²) in [5.74, 6) is -0.118. The second-order valence-corrected chi connectivity index (χ2v) is 9.30. The third-order valence-corrected chi connectivity index (χ3v) is 4.97. The van der Waals surface area contributed by atoms with Gasteiger partial charge in [-0.25, -0.2) is 4.79 Å². The summed E-state index contributed by atoms with van der Waals surface area (Å²) in [4.78, 5) is 30.3. The van der Waals surface area contributed by atoms with Gasteiger partial charge in [-0.05, 0) is 60.8 Å². The van der Waals surface area contributed by atoms with Crippen molar-refractivity contribution in [3.8, 4) is 0 Å². The molecule has 0 bridgehead atoms. The maximum Gasteiger partial charge on any atom is 0.410 e. The molecule has 0 saturated carbocycles. The number of carbonyl (C=O) groups is 2. The molecule has 2 heterocycles. The molecule has 0 atom stereocenters. The zero-order valence-electron chi connectivity index (χ0n) is 15.7. The van der Waals surface area contributed by atoms with Crippen LogP contribution >= 0.6 is 27.3 Å². The Morgan fingerprint density at radius 1 is 1.37 bits per heavy atom. The van der Waals surface area contributed by atoms with Gasteiger partial charge < -0.3 is 15.0 Å². The second-order valence-electron chi connectivity index (χ2n) is 7.01. The minimum Gasteiger partial charge on any atom is -0.444 e. The first-order chi connectivity index (χ1) is 12.7. The number of halogens is 1. The van der Waals surface area contributed by atoms with Gasteiger partial charge in [0.2, 0.25) is 0 Å². The minimum atomic E-state index is -0.565. The molecular weight excluding hydrogens is 430 g/mol. The molecule has 2 amide bonds. The molecule has 0 aliphatic rings. The molecule has 2 rings (SSSR count). The SMILES string of the molecule is CC(C)(C)OC(=O)N(CCCNC(=O)c1csc(Br)c1)Cc1cccnc1. The lowest BCUT2D eigenvalue weighted by Crippen LogP contribution is -2.38. The number of ether oxygens (including phenoxy) is 1. The molecule has 0 aromatic carbocycles. The van der Waals surface area contributed by atoms with Crippen LogP contribution in [0.25, 0.3) is 0 Å². The van der Waals surface area contributed by atoms with E-state index in [4.69, 9.17) is 4.74 Å². The van der Waals surface area contributed by atoms with Crippen LogP contribution in [0, 0.1) is 0 Å². The molecule has 1 N–H and O–H groups in total. The first kappa shape index (κ1) is 21.4. The third-order valence-electron chi connectivity index (χ3n) is 3.47. The molecule has 6 nitrogen and oxygen atoms in total. The molecule has 27 heavy (non-hydrogen) atoms. The van der Waals surface area contributed by atoms with Gasteiger partial charge in [0.1, 0.15) is 5.60 Å². The highest BCUT2D eigenvalue weighted by atomic mass is 79.9. The minimum absolute atomic E-state index is 0.118. The van der Waals surface area contributed by atoms with Crippen LogP contribution in [0.5, 0.6) is 0 Å². The number of amides is 2. The van der Waals surface area contributed by atoms with E-state index in [1.54, 1.807) is 28.7 Å². The molecule has 0 aliphatic heterocycles. The van der Waals surface area contributed by atoms with E-state index in [0.717, 1.165) is 9.35 Å². The van der Waals surface area contributed by atoms with Crippen molar-refractivity contribution in [2.75, 3.05) is 13.1 Å². The molecule has 0 unspecified atom stereocenters. The van der Waals surface area contributed by atoms with Crippen molar-refractivity contribution in [1.29, 1.82) is 0 Å². The molecule has 2 aromatic heterocycles. The Labute approximate surface area is 172 Å². The van der Waals surface area contributed by atoms with E-state index in [1.807, 2.05) is 32.9 Å². The van der Waals surface area contributed by atoms with Crippen LogP contribution in [0.4, 0.5) is 4.79 Å². The summed E-state index contributed by atoms with van der Waals surface area (Å²) in [5.41, 5.74) is 0.993. The van der Waals surface area contributed by atoms with E-state index >= 15 is 0 Å². The summed E-state index contributed by atoms with van der Waals surface area (Å²) in [6.45, 7) is 6.87. The van der Waals surface area contributed by atoms with Crippen LogP contribution in [0.3, 0.4) is 0 Å². The summed E-state index contributed by atoms with van der Waals surface area (Å²) in [7, 11) is 0. The van der Waals surface area contributed by atoms with E-state index in [0.29, 0.717) is 31.6 Å². The Bertz CT molecular complexity index is 759. The molecule has 0 fully saturated rings. The molecule has 0 radical (unpaired) electrons. The number of hydrogen-bond donors (Lipinski definition) is 1. The van der Waals surface area contributed by atoms with E-state index in [2.05, 4.69) is 26.2 Å². The first-order valence-electron chi connectivity index (χ1n) is 8.63. The van der Waals surface area contributed by atoms with Crippen molar-refractivity contribution >= 4 is 39.3 Å². The summed E-state index contributed by atoms with van der Waals surface area (Å²) < 4.78 is 6.41. The Kier molecular flexibility index (Phi) is 7.79. The van der Waals surface area contributed by atoms with Gasteiger partial charge in [-0.15, -0.1) is 11.3 Å². The van der Waals surface area contributed by atoms with Crippen LogP contribution < -0.4 is 5.32 Å². The van der Waals surface area contributed by atoms with Crippen LogP contribution in [0.1, 0.15) is 43.1 Å². The predicted molar refractivity (Wildman–Crippen MR) is 110 cm³/mol. The standard InChI is InChI=1S/C19H24BrN3O3S/c1-19(2,3)26-18(25)23(12-14-6-4-7-21-11-14)9-5-8-22-17(24)15-10-16(20)27-13-15/h4,6-7,10-11,13H,5,8-9,12H2,1-3H3,(H,22,24). The molecule has 0 saturated heterocycles. The number of pyridine rings is 1. The summed E-state index contributed by atoms with van der Waals surface area (Å²) in [6, 6.07) is 5.54. The molecule has 146 valence electrons. The van der Waals surface area contributed by atoms with Gasteiger partial charge in [0.25, 0.3) is 5.91 Å². The highest BCUT2D eigenvalue weighted by Crippen LogP contribution is 2.20. The highest BCUT2D eigenvalue weighted by molar-refractivity contribution is 9.11. The average molecular weight is 454 g/mol. The zero-order chi connectivity index (χ0) is 19.9. The number of rotatable bonds is 7. The van der Waals surface area contributed by atoms with E-state index in [9.17, 15) is 9.59 Å². The van der Waals surface area contributed by atoms with Crippen LogP contribution in [-0.2, 0) is 11.3 Å². The number of thiophene rings is 1. The van der Waals surface area contributed by atoms with E-state index in [1.165, 1.54) is 11.3 Å². The number of hydrogen-bond acceptors (Lipinski definition) is 5. The van der Waals surface area contributed by atoms with Gasteiger partial charge in [-0.2, -0.15) is 0 Å². The van der Waals surface area contributed by atoms with Gasteiger partial charge in [-0.1, -0.05) is 6.07 Å². The highest BCUT2D eigenvalue weighted by Gasteiger charge is 2.22. The largest absolute Gasteiger partial charge is 0.444 e. The Hall–Kier alpha value is -1.93.